The molecule has 0 unspecified atom stereocenters. The molecular weight excluding hydrogens is 186 g/mol. The molecular formula is C13H27NO. The van der Waals surface area contributed by atoms with E-state index in [1.54, 1.807) is 0 Å². The summed E-state index contributed by atoms with van der Waals surface area (Å²) in [7, 11) is 0. The fourth-order valence-electron chi connectivity index (χ4n) is 1.53. The number of hydrogen-bond donors (Lipinski definition) is 0. The number of carbonyl (C=O) groups is 1. The third-order valence-electron chi connectivity index (χ3n) is 2.56. The lowest BCUT2D eigenvalue weighted by Gasteiger charge is -2.24. The summed E-state index contributed by atoms with van der Waals surface area (Å²) in [5.41, 5.74) is -0.183. The van der Waals surface area contributed by atoms with Gasteiger partial charge in [-0.3, -0.25) is 4.79 Å². The van der Waals surface area contributed by atoms with Crippen LogP contribution in [0.15, 0.2) is 0 Å². The van der Waals surface area contributed by atoms with E-state index in [4.69, 9.17) is 0 Å². The van der Waals surface area contributed by atoms with Crippen molar-refractivity contribution in [1.29, 1.82) is 0 Å². The van der Waals surface area contributed by atoms with Crippen molar-refractivity contribution in [3.8, 4) is 0 Å². The summed E-state index contributed by atoms with van der Waals surface area (Å²) < 4.78 is 0. The van der Waals surface area contributed by atoms with Crippen molar-refractivity contribution in [2.45, 2.75) is 48.0 Å². The van der Waals surface area contributed by atoms with Crippen LogP contribution >= 0.6 is 0 Å². The van der Waals surface area contributed by atoms with Crippen molar-refractivity contribution in [2.75, 3.05) is 19.6 Å². The third-order valence-corrected chi connectivity index (χ3v) is 2.56. The molecule has 0 saturated carbocycles. The molecule has 0 rings (SSSR count). The standard InChI is InChI=1S/C13H27NO/c1-7-14(10-11(2)3)9-8-12(15)13(4,5)6/h11H,7-10H2,1-6H3. The number of nitrogens with zero attached hydrogens (tertiary/aromatic N) is 1. The molecule has 2 nitrogen and oxygen atoms in total. The lowest BCUT2D eigenvalue weighted by molar-refractivity contribution is -0.126. The Morgan fingerprint density at radius 3 is 2.13 bits per heavy atom. The largest absolute Gasteiger partial charge is 0.303 e. The molecule has 0 saturated heterocycles. The van der Waals surface area contributed by atoms with Crippen molar-refractivity contribution in [3.05, 3.63) is 0 Å². The van der Waals surface area contributed by atoms with Gasteiger partial charge in [0.2, 0.25) is 0 Å². The lowest BCUT2D eigenvalue weighted by atomic mass is 9.89. The molecule has 0 aromatic rings. The quantitative estimate of drug-likeness (QED) is 0.676. The van der Waals surface area contributed by atoms with Gasteiger partial charge in [-0.25, -0.2) is 0 Å². The van der Waals surface area contributed by atoms with Crippen LogP contribution in [-0.4, -0.2) is 30.3 Å². The molecule has 0 aromatic heterocycles. The van der Waals surface area contributed by atoms with Gasteiger partial charge in [-0.15, -0.1) is 0 Å². The maximum atomic E-state index is 11.7. The van der Waals surface area contributed by atoms with Gasteiger partial charge in [0.25, 0.3) is 0 Å². The molecule has 0 aliphatic carbocycles. The van der Waals surface area contributed by atoms with Crippen molar-refractivity contribution >= 4 is 5.78 Å². The summed E-state index contributed by atoms with van der Waals surface area (Å²) in [5, 5.41) is 0. The van der Waals surface area contributed by atoms with Crippen LogP contribution in [0.25, 0.3) is 0 Å². The Morgan fingerprint density at radius 1 is 1.27 bits per heavy atom. The summed E-state index contributed by atoms with van der Waals surface area (Å²) in [4.78, 5) is 14.1. The minimum Gasteiger partial charge on any atom is -0.303 e. The molecule has 0 heterocycles. The Bertz CT molecular complexity index is 191. The van der Waals surface area contributed by atoms with Crippen LogP contribution < -0.4 is 0 Å². The van der Waals surface area contributed by atoms with Gasteiger partial charge in [-0.1, -0.05) is 41.5 Å². The average Bonchev–Trinajstić information content (AvgIpc) is 2.09. The minimum absolute atomic E-state index is 0.183. The highest BCUT2D eigenvalue weighted by molar-refractivity contribution is 5.83. The molecule has 0 aliphatic heterocycles. The Labute approximate surface area is 95.0 Å². The van der Waals surface area contributed by atoms with Crippen molar-refractivity contribution in [3.63, 3.8) is 0 Å². The van der Waals surface area contributed by atoms with Crippen LogP contribution in [0.1, 0.15) is 48.0 Å². The zero-order valence-electron chi connectivity index (χ0n) is 11.3. The second-order valence-corrected chi connectivity index (χ2v) is 5.71. The molecule has 15 heavy (non-hydrogen) atoms. The van der Waals surface area contributed by atoms with E-state index in [2.05, 4.69) is 25.7 Å². The maximum absolute atomic E-state index is 11.7. The van der Waals surface area contributed by atoms with E-state index in [0.717, 1.165) is 19.6 Å². The summed E-state index contributed by atoms with van der Waals surface area (Å²) in [5.74, 6) is 1.04. The van der Waals surface area contributed by atoms with Gasteiger partial charge in [0.15, 0.2) is 0 Å². The SMILES string of the molecule is CCN(CCC(=O)C(C)(C)C)CC(C)C. The van der Waals surface area contributed by atoms with Crippen LogP contribution in [0.3, 0.4) is 0 Å². The van der Waals surface area contributed by atoms with Crippen LogP contribution in [0.4, 0.5) is 0 Å². The monoisotopic (exact) mass is 213 g/mol. The highest BCUT2D eigenvalue weighted by atomic mass is 16.1. The van der Waals surface area contributed by atoms with Gasteiger partial charge in [0, 0.05) is 24.9 Å². The molecule has 90 valence electrons. The minimum atomic E-state index is -0.183. The van der Waals surface area contributed by atoms with E-state index in [9.17, 15) is 4.79 Å². The predicted octanol–water partition coefficient (Wildman–Crippen LogP) is 2.97. The van der Waals surface area contributed by atoms with Gasteiger partial charge in [0.1, 0.15) is 5.78 Å². The molecule has 0 radical (unpaired) electrons. The van der Waals surface area contributed by atoms with Crippen molar-refractivity contribution < 1.29 is 4.79 Å². The van der Waals surface area contributed by atoms with Crippen LogP contribution in [-0.2, 0) is 4.79 Å². The zero-order chi connectivity index (χ0) is 12.1. The van der Waals surface area contributed by atoms with Gasteiger partial charge in [0.05, 0.1) is 0 Å². The first-order valence-corrected chi connectivity index (χ1v) is 6.03. The first-order valence-electron chi connectivity index (χ1n) is 6.03. The Kier molecular flexibility index (Phi) is 6.11. The van der Waals surface area contributed by atoms with E-state index < -0.39 is 0 Å². The molecule has 2 heteroatoms. The molecule has 0 bridgehead atoms. The van der Waals surface area contributed by atoms with Gasteiger partial charge >= 0.3 is 0 Å². The summed E-state index contributed by atoms with van der Waals surface area (Å²) in [6, 6.07) is 0. The fraction of sp³-hybridized carbons (Fsp3) is 0.923. The Morgan fingerprint density at radius 2 is 1.80 bits per heavy atom. The zero-order valence-corrected chi connectivity index (χ0v) is 11.3. The summed E-state index contributed by atoms with van der Waals surface area (Å²) in [6.45, 7) is 15.6. The Hall–Kier alpha value is -0.370. The van der Waals surface area contributed by atoms with E-state index >= 15 is 0 Å². The highest BCUT2D eigenvalue weighted by Crippen LogP contribution is 2.16. The third kappa shape index (κ3) is 6.67. The van der Waals surface area contributed by atoms with Crippen LogP contribution in [0.5, 0.6) is 0 Å². The van der Waals surface area contributed by atoms with E-state index in [-0.39, 0.29) is 5.41 Å². The molecule has 0 atom stereocenters. The second kappa shape index (κ2) is 6.26. The molecule has 0 aliphatic rings. The van der Waals surface area contributed by atoms with Gasteiger partial charge in [-0.05, 0) is 12.5 Å². The number of rotatable bonds is 6. The molecule has 0 amide bonds. The molecule has 0 aromatic carbocycles. The van der Waals surface area contributed by atoms with E-state index in [1.165, 1.54) is 0 Å². The average molecular weight is 213 g/mol. The first-order chi connectivity index (χ1) is 6.77. The van der Waals surface area contributed by atoms with Gasteiger partial charge < -0.3 is 4.90 Å². The topological polar surface area (TPSA) is 20.3 Å². The van der Waals surface area contributed by atoms with Crippen LogP contribution in [0.2, 0.25) is 0 Å². The smallest absolute Gasteiger partial charge is 0.139 e. The van der Waals surface area contributed by atoms with Gasteiger partial charge in [-0.2, -0.15) is 0 Å². The van der Waals surface area contributed by atoms with Crippen molar-refractivity contribution in [1.82, 2.24) is 4.90 Å². The highest BCUT2D eigenvalue weighted by Gasteiger charge is 2.21. The Balaban J connectivity index is 3.96. The molecule has 0 fully saturated rings. The number of hydrogen-bond acceptors (Lipinski definition) is 2. The second-order valence-electron chi connectivity index (χ2n) is 5.71. The fourth-order valence-corrected chi connectivity index (χ4v) is 1.53. The molecule has 0 spiro atoms. The summed E-state index contributed by atoms with van der Waals surface area (Å²) in [6.07, 6.45) is 0.685. The number of Topliss-reactive ketones (excluding diaryl/α,β-unsaturated/α-hetero) is 1. The van der Waals surface area contributed by atoms with Crippen molar-refractivity contribution in [2.24, 2.45) is 11.3 Å². The number of ketones is 1. The normalized spacial score (nSPS) is 12.5. The lowest BCUT2D eigenvalue weighted by Crippen LogP contribution is -2.32. The molecule has 0 N–H and O–H groups in total. The maximum Gasteiger partial charge on any atom is 0.139 e. The van der Waals surface area contributed by atoms with E-state index in [1.807, 2.05) is 20.8 Å². The predicted molar refractivity (Wildman–Crippen MR) is 66.0 cm³/mol. The first kappa shape index (κ1) is 14.6. The van der Waals surface area contributed by atoms with Crippen LogP contribution in [0, 0.1) is 11.3 Å². The number of carbonyl (C=O) groups excluding carboxylic acids is 1. The summed E-state index contributed by atoms with van der Waals surface area (Å²) >= 11 is 0. The van der Waals surface area contributed by atoms with E-state index in [0.29, 0.717) is 18.1 Å².